The fourth-order valence-electron chi connectivity index (χ4n) is 5.29. The number of dihydropyridines is 1. The zero-order chi connectivity index (χ0) is 25.5. The number of nitrogens with one attached hydrogen (secondary N) is 1. The predicted octanol–water partition coefficient (Wildman–Crippen LogP) is 6.16. The van der Waals surface area contributed by atoms with Crippen molar-refractivity contribution in [3.8, 4) is 5.75 Å². The molecule has 5 heteroatoms. The Labute approximate surface area is 215 Å². The Balaban J connectivity index is 1.31. The van der Waals surface area contributed by atoms with Crippen LogP contribution in [0.5, 0.6) is 5.75 Å². The smallest absolute Gasteiger partial charge is 0.336 e. The zero-order valence-electron chi connectivity index (χ0n) is 20.6. The SMILES string of the molecule is COC(=O)C1=C(C)NC2=C(C(=O)c3ccccc32)[C@@H]1c1ccc(OCc2ccc3ccccc3c2)cc1. The van der Waals surface area contributed by atoms with Gasteiger partial charge in [0.15, 0.2) is 5.78 Å². The number of hydrogen-bond acceptors (Lipinski definition) is 5. The van der Waals surface area contributed by atoms with E-state index in [4.69, 9.17) is 9.47 Å². The van der Waals surface area contributed by atoms with Crippen LogP contribution in [-0.4, -0.2) is 18.9 Å². The number of fused-ring (bicyclic) bond motifs is 3. The fourth-order valence-corrected chi connectivity index (χ4v) is 5.29. The lowest BCUT2D eigenvalue weighted by Crippen LogP contribution is -2.29. The number of benzene rings is 4. The monoisotopic (exact) mass is 487 g/mol. The van der Waals surface area contributed by atoms with Crippen molar-refractivity contribution in [3.05, 3.63) is 130 Å². The van der Waals surface area contributed by atoms with Crippen molar-refractivity contribution < 1.29 is 19.1 Å². The van der Waals surface area contributed by atoms with E-state index in [2.05, 4.69) is 35.6 Å². The van der Waals surface area contributed by atoms with Crippen LogP contribution in [0.1, 0.15) is 39.9 Å². The Morgan fingerprint density at radius 2 is 1.57 bits per heavy atom. The normalized spacial score (nSPS) is 16.4. The molecule has 1 heterocycles. The van der Waals surface area contributed by atoms with Crippen LogP contribution in [0, 0.1) is 0 Å². The highest BCUT2D eigenvalue weighted by atomic mass is 16.5. The van der Waals surface area contributed by atoms with Crippen molar-refractivity contribution in [1.29, 1.82) is 0 Å². The van der Waals surface area contributed by atoms with Gasteiger partial charge in [0, 0.05) is 28.3 Å². The summed E-state index contributed by atoms with van der Waals surface area (Å²) >= 11 is 0. The van der Waals surface area contributed by atoms with Gasteiger partial charge in [-0.1, -0.05) is 72.8 Å². The number of hydrogen-bond donors (Lipinski definition) is 1. The number of carbonyl (C=O) groups is 2. The molecule has 5 nitrogen and oxygen atoms in total. The standard InChI is InChI=1S/C32H25NO4/c1-19-27(32(35)36-2)28(29-30(33-19)25-9-5-6-10-26(25)31(29)34)22-13-15-24(16-14-22)37-18-20-11-12-21-7-3-4-8-23(21)17-20/h3-17,28,33H,18H2,1-2H3/t28-/m1/s1. The first kappa shape index (κ1) is 22.8. The Bertz CT molecular complexity index is 1630. The van der Waals surface area contributed by atoms with Crippen molar-refractivity contribution in [2.24, 2.45) is 0 Å². The van der Waals surface area contributed by atoms with Crippen molar-refractivity contribution >= 4 is 28.2 Å². The van der Waals surface area contributed by atoms with Crippen molar-refractivity contribution in [2.75, 3.05) is 7.11 Å². The van der Waals surface area contributed by atoms with Crippen LogP contribution in [0.2, 0.25) is 0 Å². The molecule has 4 aromatic carbocycles. The Kier molecular flexibility index (Phi) is 5.61. The van der Waals surface area contributed by atoms with Gasteiger partial charge in [-0.2, -0.15) is 0 Å². The second-order valence-electron chi connectivity index (χ2n) is 9.29. The van der Waals surface area contributed by atoms with E-state index >= 15 is 0 Å². The predicted molar refractivity (Wildman–Crippen MR) is 143 cm³/mol. The lowest BCUT2D eigenvalue weighted by molar-refractivity contribution is -0.136. The molecule has 0 fully saturated rings. The molecule has 0 radical (unpaired) electrons. The summed E-state index contributed by atoms with van der Waals surface area (Å²) in [6.07, 6.45) is 0. The van der Waals surface area contributed by atoms with Gasteiger partial charge in [-0.05, 0) is 47.0 Å². The third-order valence-corrected chi connectivity index (χ3v) is 7.09. The van der Waals surface area contributed by atoms with E-state index < -0.39 is 11.9 Å². The highest BCUT2D eigenvalue weighted by Crippen LogP contribution is 2.46. The van der Waals surface area contributed by atoms with Crippen LogP contribution >= 0.6 is 0 Å². The maximum absolute atomic E-state index is 13.5. The lowest BCUT2D eigenvalue weighted by atomic mass is 9.80. The minimum absolute atomic E-state index is 0.0753. The molecule has 0 bridgehead atoms. The van der Waals surface area contributed by atoms with Gasteiger partial charge < -0.3 is 14.8 Å². The molecule has 37 heavy (non-hydrogen) atoms. The van der Waals surface area contributed by atoms with Gasteiger partial charge in [-0.3, -0.25) is 4.79 Å². The summed E-state index contributed by atoms with van der Waals surface area (Å²) in [5, 5.41) is 5.67. The molecule has 0 saturated heterocycles. The van der Waals surface area contributed by atoms with E-state index in [1.54, 1.807) is 0 Å². The Hall–Kier alpha value is -4.64. The molecule has 0 unspecified atom stereocenters. The molecule has 6 rings (SSSR count). The molecule has 4 aromatic rings. The number of methoxy groups -OCH3 is 1. The van der Waals surface area contributed by atoms with Gasteiger partial charge >= 0.3 is 5.97 Å². The van der Waals surface area contributed by atoms with Gasteiger partial charge in [0.1, 0.15) is 12.4 Å². The van der Waals surface area contributed by atoms with Gasteiger partial charge in [-0.25, -0.2) is 4.79 Å². The van der Waals surface area contributed by atoms with Crippen LogP contribution in [0.25, 0.3) is 16.5 Å². The largest absolute Gasteiger partial charge is 0.489 e. The summed E-state index contributed by atoms with van der Waals surface area (Å²) in [5.41, 5.74) is 5.84. The number of Topliss-reactive ketones (excluding diaryl/α,β-unsaturated/α-hetero) is 1. The van der Waals surface area contributed by atoms with Crippen molar-refractivity contribution in [3.63, 3.8) is 0 Å². The molecule has 0 aromatic heterocycles. The summed E-state index contributed by atoms with van der Waals surface area (Å²) in [6.45, 7) is 2.28. The third kappa shape index (κ3) is 3.89. The molecular weight excluding hydrogens is 462 g/mol. The zero-order valence-corrected chi connectivity index (χ0v) is 20.6. The Morgan fingerprint density at radius 3 is 2.32 bits per heavy atom. The van der Waals surface area contributed by atoms with Crippen LogP contribution in [-0.2, 0) is 16.1 Å². The molecule has 1 N–H and O–H groups in total. The number of rotatable bonds is 5. The summed E-state index contributed by atoms with van der Waals surface area (Å²) in [6, 6.07) is 29.7. The van der Waals surface area contributed by atoms with E-state index in [-0.39, 0.29) is 5.78 Å². The van der Waals surface area contributed by atoms with Gasteiger partial charge in [-0.15, -0.1) is 0 Å². The quantitative estimate of drug-likeness (QED) is 0.342. The summed E-state index contributed by atoms with van der Waals surface area (Å²) in [7, 11) is 1.36. The second kappa shape index (κ2) is 9.10. The highest BCUT2D eigenvalue weighted by molar-refractivity contribution is 6.23. The average Bonchev–Trinajstić information content (AvgIpc) is 3.22. The molecule has 1 aliphatic heterocycles. The van der Waals surface area contributed by atoms with Crippen LogP contribution in [0.3, 0.4) is 0 Å². The van der Waals surface area contributed by atoms with Gasteiger partial charge in [0.25, 0.3) is 0 Å². The molecule has 0 amide bonds. The van der Waals surface area contributed by atoms with E-state index in [0.29, 0.717) is 34.8 Å². The van der Waals surface area contributed by atoms with E-state index in [0.717, 1.165) is 22.4 Å². The summed E-state index contributed by atoms with van der Waals surface area (Å²) in [4.78, 5) is 26.4. The first-order chi connectivity index (χ1) is 18.0. The molecule has 1 aliphatic carbocycles. The van der Waals surface area contributed by atoms with Gasteiger partial charge in [0.2, 0.25) is 0 Å². The van der Waals surface area contributed by atoms with Crippen molar-refractivity contribution in [2.45, 2.75) is 19.4 Å². The van der Waals surface area contributed by atoms with Crippen molar-refractivity contribution in [1.82, 2.24) is 5.32 Å². The topological polar surface area (TPSA) is 64.6 Å². The first-order valence-electron chi connectivity index (χ1n) is 12.2. The average molecular weight is 488 g/mol. The molecule has 1 atom stereocenters. The second-order valence-corrected chi connectivity index (χ2v) is 9.29. The third-order valence-electron chi connectivity index (χ3n) is 7.09. The highest BCUT2D eigenvalue weighted by Gasteiger charge is 2.42. The molecule has 182 valence electrons. The molecule has 0 saturated carbocycles. The lowest BCUT2D eigenvalue weighted by Gasteiger charge is -2.29. The molecule has 0 spiro atoms. The van der Waals surface area contributed by atoms with E-state index in [9.17, 15) is 9.59 Å². The van der Waals surface area contributed by atoms with Gasteiger partial charge in [0.05, 0.1) is 18.4 Å². The summed E-state index contributed by atoms with van der Waals surface area (Å²) < 4.78 is 11.2. The maximum Gasteiger partial charge on any atom is 0.336 e. The fraction of sp³-hybridized carbons (Fsp3) is 0.125. The Morgan fingerprint density at radius 1 is 0.865 bits per heavy atom. The number of esters is 1. The van der Waals surface area contributed by atoms with Crippen LogP contribution in [0.15, 0.2) is 108 Å². The minimum Gasteiger partial charge on any atom is -0.489 e. The molecule has 2 aliphatic rings. The summed E-state index contributed by atoms with van der Waals surface area (Å²) in [5.74, 6) is -0.366. The first-order valence-corrected chi connectivity index (χ1v) is 12.2. The maximum atomic E-state index is 13.5. The molecular formula is C32H25NO4. The minimum atomic E-state index is -0.543. The van der Waals surface area contributed by atoms with E-state index in [1.165, 1.54) is 17.9 Å². The number of ether oxygens (including phenoxy) is 2. The van der Waals surface area contributed by atoms with Crippen LogP contribution in [0.4, 0.5) is 0 Å². The van der Waals surface area contributed by atoms with Crippen LogP contribution < -0.4 is 10.1 Å². The number of carbonyl (C=O) groups excluding carboxylic acids is 2. The number of ketones is 1. The van der Waals surface area contributed by atoms with E-state index in [1.807, 2.05) is 67.6 Å². The number of allylic oxidation sites excluding steroid dienone is 2.